The van der Waals surface area contributed by atoms with E-state index < -0.39 is 22.2 Å². The minimum absolute atomic E-state index is 0.0148. The molecule has 116 valence electrons. The molecule has 0 aliphatic carbocycles. The van der Waals surface area contributed by atoms with Crippen LogP contribution >= 0.6 is 0 Å². The zero-order valence-corrected chi connectivity index (χ0v) is 12.1. The van der Waals surface area contributed by atoms with E-state index in [9.17, 15) is 19.7 Å². The first-order chi connectivity index (χ1) is 11.0. The highest BCUT2D eigenvalue weighted by atomic mass is 16.6. The number of rotatable bonds is 3. The molecule has 0 aromatic heterocycles. The lowest BCUT2D eigenvalue weighted by Gasteiger charge is -2.29. The molecule has 0 spiro atoms. The van der Waals surface area contributed by atoms with Gasteiger partial charge in [0.05, 0.1) is 18.4 Å². The number of para-hydroxylation sites is 1. The molecule has 7 heteroatoms. The minimum Gasteiger partial charge on any atom is -0.495 e. The summed E-state index contributed by atoms with van der Waals surface area (Å²) in [5.74, 6) is -1.61. The van der Waals surface area contributed by atoms with Crippen LogP contribution in [0.4, 0.5) is 5.69 Å². The molecule has 0 saturated carbocycles. The molecular formula is C16H12N2O5. The topological polar surface area (TPSA) is 98.5 Å². The van der Waals surface area contributed by atoms with Gasteiger partial charge in [-0.3, -0.25) is 19.7 Å². The van der Waals surface area contributed by atoms with Gasteiger partial charge in [0.25, 0.3) is 5.78 Å². The van der Waals surface area contributed by atoms with Gasteiger partial charge in [0.1, 0.15) is 5.75 Å². The standard InChI is InChI=1S/C16H12N2O5/c1-23-12-9-5-8-11-13(12)17-15(20)16(14(11)19,18(21)22)10-6-3-2-4-7-10/h2-9H,1H3,(H,17,20). The molecule has 1 unspecified atom stereocenters. The van der Waals surface area contributed by atoms with E-state index in [0.29, 0.717) is 0 Å². The van der Waals surface area contributed by atoms with E-state index in [4.69, 9.17) is 4.74 Å². The Morgan fingerprint density at radius 3 is 2.39 bits per heavy atom. The van der Waals surface area contributed by atoms with Crippen molar-refractivity contribution >= 4 is 17.4 Å². The average molecular weight is 312 g/mol. The molecule has 0 fully saturated rings. The second-order valence-electron chi connectivity index (χ2n) is 5.00. The first kappa shape index (κ1) is 14.7. The molecule has 0 saturated heterocycles. The van der Waals surface area contributed by atoms with Gasteiger partial charge in [-0.25, -0.2) is 0 Å². The van der Waals surface area contributed by atoms with Crippen LogP contribution in [-0.4, -0.2) is 23.7 Å². The number of anilines is 1. The summed E-state index contributed by atoms with van der Waals surface area (Å²) in [5, 5.41) is 14.2. The van der Waals surface area contributed by atoms with Crippen molar-refractivity contribution < 1.29 is 19.2 Å². The van der Waals surface area contributed by atoms with Crippen molar-refractivity contribution in [2.24, 2.45) is 0 Å². The quantitative estimate of drug-likeness (QED) is 0.531. The average Bonchev–Trinajstić information content (AvgIpc) is 2.55. The molecule has 0 bridgehead atoms. The summed E-state index contributed by atoms with van der Waals surface area (Å²) in [6, 6.07) is 12.1. The van der Waals surface area contributed by atoms with Crippen molar-refractivity contribution in [3.63, 3.8) is 0 Å². The van der Waals surface area contributed by atoms with E-state index in [0.717, 1.165) is 0 Å². The van der Waals surface area contributed by atoms with Crippen LogP contribution in [0.3, 0.4) is 0 Å². The van der Waals surface area contributed by atoms with Crippen molar-refractivity contribution in [1.82, 2.24) is 0 Å². The Balaban J connectivity index is 2.29. The van der Waals surface area contributed by atoms with Gasteiger partial charge in [-0.2, -0.15) is 0 Å². The number of nitro groups is 1. The lowest BCUT2D eigenvalue weighted by molar-refractivity contribution is -0.540. The summed E-state index contributed by atoms with van der Waals surface area (Å²) in [7, 11) is 1.39. The lowest BCUT2D eigenvalue weighted by Crippen LogP contribution is -2.56. The largest absolute Gasteiger partial charge is 0.495 e. The zero-order valence-electron chi connectivity index (χ0n) is 12.1. The Labute approximate surface area is 131 Å². The summed E-state index contributed by atoms with van der Waals surface area (Å²) in [4.78, 5) is 36.4. The third kappa shape index (κ3) is 1.90. The number of amides is 1. The highest BCUT2D eigenvalue weighted by Gasteiger charge is 2.63. The van der Waals surface area contributed by atoms with Crippen molar-refractivity contribution in [3.05, 3.63) is 69.8 Å². The Morgan fingerprint density at radius 1 is 1.09 bits per heavy atom. The number of benzene rings is 2. The van der Waals surface area contributed by atoms with Crippen LogP contribution in [0.25, 0.3) is 0 Å². The molecule has 3 rings (SSSR count). The van der Waals surface area contributed by atoms with Crippen LogP contribution in [0.2, 0.25) is 0 Å². The number of ketones is 1. The van der Waals surface area contributed by atoms with Crippen LogP contribution < -0.4 is 10.1 Å². The fraction of sp³-hybridized carbons (Fsp3) is 0.125. The van der Waals surface area contributed by atoms with Crippen LogP contribution in [0.5, 0.6) is 5.75 Å². The summed E-state index contributed by atoms with van der Waals surface area (Å²) < 4.78 is 5.11. The summed E-state index contributed by atoms with van der Waals surface area (Å²) in [5.41, 5.74) is -2.29. The third-order valence-electron chi connectivity index (χ3n) is 3.85. The van der Waals surface area contributed by atoms with E-state index >= 15 is 0 Å². The SMILES string of the molecule is COc1cccc2c1NC(=O)C(c1ccccc1)([N+](=O)[O-])C2=O. The van der Waals surface area contributed by atoms with Gasteiger partial charge in [-0.15, -0.1) is 0 Å². The number of carbonyl (C=O) groups is 2. The van der Waals surface area contributed by atoms with E-state index in [2.05, 4.69) is 5.32 Å². The minimum atomic E-state index is -2.50. The smallest absolute Gasteiger partial charge is 0.385 e. The fourth-order valence-corrected chi connectivity index (χ4v) is 2.73. The Bertz CT molecular complexity index is 818. The van der Waals surface area contributed by atoms with Gasteiger partial charge in [-0.05, 0) is 12.1 Å². The van der Waals surface area contributed by atoms with Crippen LogP contribution in [0.1, 0.15) is 15.9 Å². The highest BCUT2D eigenvalue weighted by Crippen LogP contribution is 2.41. The first-order valence-corrected chi connectivity index (χ1v) is 6.76. The number of fused-ring (bicyclic) bond motifs is 1. The number of ether oxygens (including phenoxy) is 1. The van der Waals surface area contributed by atoms with Crippen LogP contribution in [-0.2, 0) is 10.3 Å². The van der Waals surface area contributed by atoms with Crippen molar-refractivity contribution in [2.45, 2.75) is 5.54 Å². The Kier molecular flexibility index (Phi) is 3.33. The van der Waals surface area contributed by atoms with E-state index in [1.807, 2.05) is 0 Å². The Hall–Kier alpha value is -3.22. The van der Waals surface area contributed by atoms with Crippen molar-refractivity contribution in [1.29, 1.82) is 0 Å². The first-order valence-electron chi connectivity index (χ1n) is 6.76. The molecule has 1 aliphatic rings. The molecule has 1 heterocycles. The monoisotopic (exact) mass is 312 g/mol. The van der Waals surface area contributed by atoms with Crippen molar-refractivity contribution in [3.8, 4) is 5.75 Å². The predicted molar refractivity (Wildman–Crippen MR) is 81.1 cm³/mol. The lowest BCUT2D eigenvalue weighted by atomic mass is 9.79. The maximum atomic E-state index is 12.9. The number of methoxy groups -OCH3 is 1. The number of hydrogen-bond acceptors (Lipinski definition) is 5. The molecule has 1 N–H and O–H groups in total. The maximum absolute atomic E-state index is 12.9. The van der Waals surface area contributed by atoms with Gasteiger partial charge < -0.3 is 10.1 Å². The molecule has 7 nitrogen and oxygen atoms in total. The van der Waals surface area contributed by atoms with E-state index in [1.54, 1.807) is 30.3 Å². The van der Waals surface area contributed by atoms with Crippen LogP contribution in [0, 0.1) is 10.1 Å². The van der Waals surface area contributed by atoms with Crippen LogP contribution in [0.15, 0.2) is 48.5 Å². The molecule has 23 heavy (non-hydrogen) atoms. The van der Waals surface area contributed by atoms with E-state index in [-0.39, 0.29) is 22.6 Å². The van der Waals surface area contributed by atoms with Gasteiger partial charge in [0.15, 0.2) is 0 Å². The summed E-state index contributed by atoms with van der Waals surface area (Å²) in [6.07, 6.45) is 0. The molecule has 1 amide bonds. The third-order valence-corrected chi connectivity index (χ3v) is 3.85. The summed E-state index contributed by atoms with van der Waals surface area (Å²) >= 11 is 0. The van der Waals surface area contributed by atoms with Gasteiger partial charge in [-0.1, -0.05) is 36.4 Å². The molecule has 0 radical (unpaired) electrons. The van der Waals surface area contributed by atoms with Gasteiger partial charge in [0.2, 0.25) is 0 Å². The second kappa shape index (κ2) is 5.20. The molecule has 1 atom stereocenters. The normalized spacial score (nSPS) is 19.7. The van der Waals surface area contributed by atoms with Gasteiger partial charge in [0, 0.05) is 10.5 Å². The number of nitrogens with one attached hydrogen (secondary N) is 1. The second-order valence-corrected chi connectivity index (χ2v) is 5.00. The van der Waals surface area contributed by atoms with Crippen molar-refractivity contribution in [2.75, 3.05) is 12.4 Å². The fourth-order valence-electron chi connectivity index (χ4n) is 2.73. The summed E-state index contributed by atoms with van der Waals surface area (Å²) in [6.45, 7) is 0. The predicted octanol–water partition coefficient (Wildman–Crippen LogP) is 2.00. The molecular weight excluding hydrogens is 300 g/mol. The van der Waals surface area contributed by atoms with Gasteiger partial charge >= 0.3 is 11.4 Å². The molecule has 2 aromatic carbocycles. The van der Waals surface area contributed by atoms with E-state index in [1.165, 1.54) is 25.3 Å². The number of hydrogen-bond donors (Lipinski definition) is 1. The molecule has 1 aliphatic heterocycles. The Morgan fingerprint density at radius 2 is 1.78 bits per heavy atom. The number of Topliss-reactive ketones (excluding diaryl/α,β-unsaturated/α-hetero) is 1. The number of carbonyl (C=O) groups excluding carboxylic acids is 2. The maximum Gasteiger partial charge on any atom is 0.385 e. The highest BCUT2D eigenvalue weighted by molar-refractivity contribution is 6.27. The molecule has 2 aromatic rings. The number of nitrogens with zero attached hydrogens (tertiary/aromatic N) is 1. The zero-order chi connectivity index (χ0) is 16.6.